The number of rotatable bonds is 6. The Labute approximate surface area is 177 Å². The zero-order valence-electron chi connectivity index (χ0n) is 11.4. The standard InChI is InChI=1S/C8H17N6O6P.2Na.2H/c1-13(7(9)10)3-5(15)19-21(17,18)20-6(16)4-14(2)8(11)12;;;;/h3-4H2,1-2H3,(H3,9,10)(H3,11,12)(H,17,18);;;;. The second-order valence-electron chi connectivity index (χ2n) is 3.88. The Morgan fingerprint density at radius 2 is 1.26 bits per heavy atom. The van der Waals surface area contributed by atoms with Gasteiger partial charge in [-0.25, -0.2) is 14.2 Å². The minimum atomic E-state index is -4.95. The van der Waals surface area contributed by atoms with Crippen molar-refractivity contribution in [1.29, 1.82) is 10.8 Å². The zero-order chi connectivity index (χ0) is 16.8. The monoisotopic (exact) mass is 372 g/mol. The first-order valence-electron chi connectivity index (χ1n) is 5.32. The van der Waals surface area contributed by atoms with Gasteiger partial charge in [0, 0.05) is 14.1 Å². The molecular formula is C8H19N6Na2O6P. The first-order valence-corrected chi connectivity index (χ1v) is 6.82. The van der Waals surface area contributed by atoms with E-state index >= 15 is 0 Å². The van der Waals surface area contributed by atoms with Crippen molar-refractivity contribution >= 4 is 90.8 Å². The van der Waals surface area contributed by atoms with Gasteiger partial charge in [-0.15, -0.1) is 0 Å². The van der Waals surface area contributed by atoms with Crippen LogP contribution in [0.2, 0.25) is 0 Å². The second-order valence-corrected chi connectivity index (χ2v) is 5.18. The Balaban J connectivity index is -0.00000200. The van der Waals surface area contributed by atoms with Gasteiger partial charge in [-0.3, -0.25) is 15.7 Å². The third-order valence-electron chi connectivity index (χ3n) is 1.99. The number of carbonyl (C=O) groups excluding carboxylic acids is 2. The summed E-state index contributed by atoms with van der Waals surface area (Å²) in [7, 11) is -2.40. The molecule has 0 aliphatic carbocycles. The molecule has 12 nitrogen and oxygen atoms in total. The van der Waals surface area contributed by atoms with Crippen molar-refractivity contribution < 1.29 is 28.1 Å². The molecule has 0 aliphatic rings. The molecule has 0 saturated carbocycles. The number of phosphoric acid groups is 1. The minimum absolute atomic E-state index is 0. The van der Waals surface area contributed by atoms with Crippen LogP contribution in [0.1, 0.15) is 0 Å². The molecule has 23 heavy (non-hydrogen) atoms. The van der Waals surface area contributed by atoms with E-state index < -0.39 is 44.8 Å². The number of guanidine groups is 2. The molecule has 0 fully saturated rings. The molecule has 0 aromatic heterocycles. The van der Waals surface area contributed by atoms with Crippen LogP contribution in [0.4, 0.5) is 0 Å². The van der Waals surface area contributed by atoms with Crippen LogP contribution in [-0.4, -0.2) is 125 Å². The van der Waals surface area contributed by atoms with E-state index in [0.29, 0.717) is 0 Å². The van der Waals surface area contributed by atoms with Gasteiger partial charge in [0.15, 0.2) is 11.9 Å². The van der Waals surface area contributed by atoms with Crippen molar-refractivity contribution in [2.24, 2.45) is 11.5 Å². The van der Waals surface area contributed by atoms with Crippen molar-refractivity contribution in [3.05, 3.63) is 0 Å². The summed E-state index contributed by atoms with van der Waals surface area (Å²) in [6.07, 6.45) is 0. The van der Waals surface area contributed by atoms with Gasteiger partial charge in [-0.05, 0) is 0 Å². The number of phosphoric ester groups is 1. The maximum absolute atomic E-state index is 11.4. The number of nitrogens with two attached hydrogens (primary N) is 2. The number of nitrogens with zero attached hydrogens (tertiary/aromatic N) is 2. The molecule has 0 heterocycles. The molecule has 0 radical (unpaired) electrons. The first kappa shape index (κ1) is 27.5. The zero-order valence-corrected chi connectivity index (χ0v) is 12.3. The van der Waals surface area contributed by atoms with Gasteiger partial charge in [0.1, 0.15) is 13.1 Å². The molecule has 124 valence electrons. The molecule has 0 aromatic carbocycles. The Bertz CT molecular complexity index is 465. The van der Waals surface area contributed by atoms with E-state index in [1.165, 1.54) is 14.1 Å². The number of likely N-dealkylation sites (N-methyl/N-ethyl adjacent to an activating group) is 2. The van der Waals surface area contributed by atoms with Crippen LogP contribution in [0, 0.1) is 10.8 Å². The summed E-state index contributed by atoms with van der Waals surface area (Å²) in [5, 5.41) is 14.0. The number of nitrogens with one attached hydrogen (secondary N) is 2. The summed E-state index contributed by atoms with van der Waals surface area (Å²) in [6, 6.07) is 0. The quantitative estimate of drug-likeness (QED) is 0.135. The summed E-state index contributed by atoms with van der Waals surface area (Å²) < 4.78 is 19.6. The van der Waals surface area contributed by atoms with E-state index in [2.05, 4.69) is 9.05 Å². The van der Waals surface area contributed by atoms with E-state index in [9.17, 15) is 19.0 Å². The third-order valence-corrected chi connectivity index (χ3v) is 2.86. The second kappa shape index (κ2) is 12.1. The van der Waals surface area contributed by atoms with E-state index in [-0.39, 0.29) is 59.1 Å². The number of hydrogen-bond donors (Lipinski definition) is 5. The fraction of sp³-hybridized carbons (Fsp3) is 0.500. The van der Waals surface area contributed by atoms with E-state index in [4.69, 9.17) is 22.3 Å². The molecule has 0 saturated heterocycles. The summed E-state index contributed by atoms with van der Waals surface area (Å²) >= 11 is 0. The maximum atomic E-state index is 11.4. The van der Waals surface area contributed by atoms with Crippen molar-refractivity contribution in [2.75, 3.05) is 27.2 Å². The summed E-state index contributed by atoms with van der Waals surface area (Å²) in [4.78, 5) is 33.7. The fourth-order valence-corrected chi connectivity index (χ4v) is 1.56. The molecule has 0 atom stereocenters. The average Bonchev–Trinajstić information content (AvgIpc) is 2.25. The number of hydrogen-bond acceptors (Lipinski definition) is 7. The molecule has 0 unspecified atom stereocenters. The Morgan fingerprint density at radius 1 is 1.00 bits per heavy atom. The van der Waals surface area contributed by atoms with Gasteiger partial charge in [-0.1, -0.05) is 0 Å². The fourth-order valence-electron chi connectivity index (χ4n) is 0.891. The average molecular weight is 372 g/mol. The van der Waals surface area contributed by atoms with Crippen molar-refractivity contribution in [3.63, 3.8) is 0 Å². The predicted octanol–water partition coefficient (Wildman–Crippen LogP) is -3.47. The molecule has 0 spiro atoms. The first-order chi connectivity index (χ1) is 9.44. The molecule has 0 aromatic rings. The SMILES string of the molecule is CN(CC(=O)OP(=O)(O)OC(=O)CN(C)C(=N)N)C(=N)N.[NaH].[NaH]. The number of carbonyl (C=O) groups is 2. The molecule has 15 heteroatoms. The topological polar surface area (TPSA) is 196 Å². The van der Waals surface area contributed by atoms with Crippen molar-refractivity contribution in [2.45, 2.75) is 0 Å². The van der Waals surface area contributed by atoms with Crippen molar-refractivity contribution in [3.8, 4) is 0 Å². The Hall–Kier alpha value is -0.330. The molecule has 0 rings (SSSR count). The van der Waals surface area contributed by atoms with Crippen LogP contribution in [-0.2, 0) is 23.2 Å². The molecule has 0 aliphatic heterocycles. The van der Waals surface area contributed by atoms with Crippen LogP contribution >= 0.6 is 7.82 Å². The third kappa shape index (κ3) is 12.7. The van der Waals surface area contributed by atoms with Gasteiger partial charge in [0.25, 0.3) is 0 Å². The van der Waals surface area contributed by atoms with Crippen LogP contribution in [0.3, 0.4) is 0 Å². The Kier molecular flexibility index (Phi) is 14.5. The van der Waals surface area contributed by atoms with Crippen LogP contribution < -0.4 is 11.5 Å². The van der Waals surface area contributed by atoms with Crippen LogP contribution in [0.25, 0.3) is 0 Å². The summed E-state index contributed by atoms with van der Waals surface area (Å²) in [5.74, 6) is -3.35. The van der Waals surface area contributed by atoms with Gasteiger partial charge in [-0.2, -0.15) is 0 Å². The van der Waals surface area contributed by atoms with Gasteiger partial charge >= 0.3 is 78.9 Å². The van der Waals surface area contributed by atoms with Gasteiger partial charge in [0.05, 0.1) is 0 Å². The molecule has 0 bridgehead atoms. The van der Waals surface area contributed by atoms with E-state index in [1.807, 2.05) is 0 Å². The normalized spacial score (nSPS) is 11.6. The molecular weight excluding hydrogens is 353 g/mol. The molecule has 0 amide bonds. The molecule has 7 N–H and O–H groups in total. The van der Waals surface area contributed by atoms with E-state index in [1.54, 1.807) is 0 Å². The van der Waals surface area contributed by atoms with Crippen LogP contribution in [0.15, 0.2) is 0 Å². The predicted molar refractivity (Wildman–Crippen MR) is 85.4 cm³/mol. The van der Waals surface area contributed by atoms with Gasteiger partial charge in [0.2, 0.25) is 0 Å². The van der Waals surface area contributed by atoms with Crippen molar-refractivity contribution in [1.82, 2.24) is 9.80 Å². The summed E-state index contributed by atoms with van der Waals surface area (Å²) in [6.45, 7) is -1.16. The van der Waals surface area contributed by atoms with Gasteiger partial charge < -0.3 is 30.3 Å². The van der Waals surface area contributed by atoms with E-state index in [0.717, 1.165) is 9.80 Å². The summed E-state index contributed by atoms with van der Waals surface area (Å²) in [5.41, 5.74) is 10.1. The van der Waals surface area contributed by atoms with Crippen LogP contribution in [0.5, 0.6) is 0 Å². The Morgan fingerprint density at radius 3 is 1.48 bits per heavy atom.